The molecular weight excluding hydrogens is 172 g/mol. The average Bonchev–Trinajstić information content (AvgIpc) is 2.00. The summed E-state index contributed by atoms with van der Waals surface area (Å²) in [6.45, 7) is 8.96. The third kappa shape index (κ3) is 3.61. The van der Waals surface area contributed by atoms with Gasteiger partial charge < -0.3 is 5.11 Å². The molecule has 1 N–H and O–H groups in total. The summed E-state index contributed by atoms with van der Waals surface area (Å²) < 4.78 is 0. The molecule has 1 saturated carbocycles. The zero-order valence-electron chi connectivity index (χ0n) is 10.2. The summed E-state index contributed by atoms with van der Waals surface area (Å²) in [7, 11) is 0. The van der Waals surface area contributed by atoms with Crippen molar-refractivity contribution in [3.05, 3.63) is 0 Å². The van der Waals surface area contributed by atoms with Gasteiger partial charge in [0.25, 0.3) is 0 Å². The highest BCUT2D eigenvalue weighted by atomic mass is 16.3. The minimum Gasteiger partial charge on any atom is -0.393 e. The topological polar surface area (TPSA) is 20.2 Å². The van der Waals surface area contributed by atoms with E-state index in [2.05, 4.69) is 20.8 Å². The van der Waals surface area contributed by atoms with Gasteiger partial charge in [-0.1, -0.05) is 20.8 Å². The standard InChI is InChI=1S/C13H26O/c1-9-5-10(2)7-13(6-9)11(3)8-12(4)14/h9-14H,5-8H2,1-4H3. The molecule has 1 rings (SSSR count). The molecule has 1 fully saturated rings. The molecule has 1 nitrogen and oxygen atoms in total. The third-order valence-corrected chi connectivity index (χ3v) is 3.73. The zero-order chi connectivity index (χ0) is 10.7. The molecule has 0 radical (unpaired) electrons. The van der Waals surface area contributed by atoms with E-state index in [1.54, 1.807) is 0 Å². The smallest absolute Gasteiger partial charge is 0.0514 e. The van der Waals surface area contributed by atoms with E-state index in [0.29, 0.717) is 5.92 Å². The van der Waals surface area contributed by atoms with E-state index >= 15 is 0 Å². The number of hydrogen-bond donors (Lipinski definition) is 1. The molecule has 0 aromatic rings. The minimum atomic E-state index is -0.127. The number of hydrogen-bond acceptors (Lipinski definition) is 1. The molecule has 14 heavy (non-hydrogen) atoms. The van der Waals surface area contributed by atoms with E-state index in [9.17, 15) is 5.11 Å². The van der Waals surface area contributed by atoms with Gasteiger partial charge in [0, 0.05) is 0 Å². The maximum absolute atomic E-state index is 9.39. The minimum absolute atomic E-state index is 0.127. The zero-order valence-corrected chi connectivity index (χ0v) is 10.2. The van der Waals surface area contributed by atoms with E-state index < -0.39 is 0 Å². The van der Waals surface area contributed by atoms with Crippen LogP contribution in [0.2, 0.25) is 0 Å². The second-order valence-corrected chi connectivity index (χ2v) is 5.74. The van der Waals surface area contributed by atoms with Crippen LogP contribution in [0.4, 0.5) is 0 Å². The van der Waals surface area contributed by atoms with Crippen LogP contribution in [0.25, 0.3) is 0 Å². The Balaban J connectivity index is 2.42. The third-order valence-electron chi connectivity index (χ3n) is 3.73. The molecule has 0 aromatic carbocycles. The summed E-state index contributed by atoms with van der Waals surface area (Å²) >= 11 is 0. The fourth-order valence-corrected chi connectivity index (χ4v) is 3.20. The Bertz CT molecular complexity index is 155. The van der Waals surface area contributed by atoms with Gasteiger partial charge in [-0.15, -0.1) is 0 Å². The SMILES string of the molecule is CC(O)CC(C)C1CC(C)CC(C)C1. The van der Waals surface area contributed by atoms with Crippen molar-refractivity contribution in [1.82, 2.24) is 0 Å². The molecule has 0 amide bonds. The van der Waals surface area contributed by atoms with Crippen LogP contribution in [0.1, 0.15) is 53.4 Å². The van der Waals surface area contributed by atoms with Crippen LogP contribution >= 0.6 is 0 Å². The largest absolute Gasteiger partial charge is 0.393 e. The van der Waals surface area contributed by atoms with Crippen LogP contribution < -0.4 is 0 Å². The van der Waals surface area contributed by atoms with Crippen molar-refractivity contribution in [2.24, 2.45) is 23.7 Å². The van der Waals surface area contributed by atoms with E-state index in [0.717, 1.165) is 24.2 Å². The molecule has 0 saturated heterocycles. The van der Waals surface area contributed by atoms with Gasteiger partial charge in [-0.05, 0) is 56.3 Å². The predicted octanol–water partition coefficient (Wildman–Crippen LogP) is 3.47. The Morgan fingerprint density at radius 2 is 1.57 bits per heavy atom. The first kappa shape index (κ1) is 12.0. The highest BCUT2D eigenvalue weighted by Crippen LogP contribution is 2.38. The fraction of sp³-hybridized carbons (Fsp3) is 1.00. The van der Waals surface area contributed by atoms with Gasteiger partial charge in [-0.3, -0.25) is 0 Å². The van der Waals surface area contributed by atoms with E-state index in [1.807, 2.05) is 6.92 Å². The average molecular weight is 198 g/mol. The predicted molar refractivity (Wildman–Crippen MR) is 61.1 cm³/mol. The van der Waals surface area contributed by atoms with Gasteiger partial charge in [0.15, 0.2) is 0 Å². The van der Waals surface area contributed by atoms with Gasteiger partial charge in [-0.25, -0.2) is 0 Å². The molecule has 84 valence electrons. The van der Waals surface area contributed by atoms with Crippen molar-refractivity contribution in [1.29, 1.82) is 0 Å². The molecule has 1 aliphatic rings. The van der Waals surface area contributed by atoms with E-state index in [1.165, 1.54) is 19.3 Å². The molecule has 4 unspecified atom stereocenters. The van der Waals surface area contributed by atoms with Crippen LogP contribution in [0.5, 0.6) is 0 Å². The first-order valence-electron chi connectivity index (χ1n) is 6.17. The summed E-state index contributed by atoms with van der Waals surface area (Å²) in [6.07, 6.45) is 5.00. The summed E-state index contributed by atoms with van der Waals surface area (Å²) in [5.41, 5.74) is 0. The Kier molecular flexibility index (Phi) is 4.43. The Labute approximate surface area is 88.9 Å². The molecule has 0 heterocycles. The quantitative estimate of drug-likeness (QED) is 0.736. The van der Waals surface area contributed by atoms with Crippen LogP contribution in [0.15, 0.2) is 0 Å². The number of aliphatic hydroxyl groups excluding tert-OH is 1. The van der Waals surface area contributed by atoms with Crippen molar-refractivity contribution in [3.8, 4) is 0 Å². The normalized spacial score (nSPS) is 37.9. The van der Waals surface area contributed by atoms with Gasteiger partial charge in [-0.2, -0.15) is 0 Å². The van der Waals surface area contributed by atoms with Crippen molar-refractivity contribution >= 4 is 0 Å². The molecule has 0 spiro atoms. The van der Waals surface area contributed by atoms with Crippen molar-refractivity contribution in [2.45, 2.75) is 59.5 Å². The van der Waals surface area contributed by atoms with Gasteiger partial charge >= 0.3 is 0 Å². The molecule has 0 bridgehead atoms. The summed E-state index contributed by atoms with van der Waals surface area (Å²) in [4.78, 5) is 0. The maximum Gasteiger partial charge on any atom is 0.0514 e. The summed E-state index contributed by atoms with van der Waals surface area (Å²) in [5, 5.41) is 9.39. The molecule has 1 aliphatic carbocycles. The lowest BCUT2D eigenvalue weighted by molar-refractivity contribution is 0.109. The highest BCUT2D eigenvalue weighted by molar-refractivity contribution is 4.78. The Morgan fingerprint density at radius 3 is 2.00 bits per heavy atom. The van der Waals surface area contributed by atoms with E-state index in [-0.39, 0.29) is 6.10 Å². The van der Waals surface area contributed by atoms with Crippen LogP contribution in [0.3, 0.4) is 0 Å². The second-order valence-electron chi connectivity index (χ2n) is 5.74. The maximum atomic E-state index is 9.39. The first-order chi connectivity index (χ1) is 6.49. The lowest BCUT2D eigenvalue weighted by Gasteiger charge is -2.35. The van der Waals surface area contributed by atoms with Gasteiger partial charge in [0.2, 0.25) is 0 Å². The van der Waals surface area contributed by atoms with Crippen LogP contribution in [-0.2, 0) is 0 Å². The molecule has 0 aromatic heterocycles. The lowest BCUT2D eigenvalue weighted by atomic mass is 9.71. The second kappa shape index (κ2) is 5.16. The molecule has 4 atom stereocenters. The van der Waals surface area contributed by atoms with Crippen molar-refractivity contribution in [2.75, 3.05) is 0 Å². The van der Waals surface area contributed by atoms with Crippen LogP contribution in [0, 0.1) is 23.7 Å². The molecule has 1 heteroatoms. The first-order valence-corrected chi connectivity index (χ1v) is 6.17. The highest BCUT2D eigenvalue weighted by Gasteiger charge is 2.28. The lowest BCUT2D eigenvalue weighted by Crippen LogP contribution is -2.26. The monoisotopic (exact) mass is 198 g/mol. The summed E-state index contributed by atoms with van der Waals surface area (Å²) in [6, 6.07) is 0. The van der Waals surface area contributed by atoms with Crippen molar-refractivity contribution < 1.29 is 5.11 Å². The summed E-state index contributed by atoms with van der Waals surface area (Å²) in [5.74, 6) is 3.32. The number of rotatable bonds is 3. The number of aliphatic hydroxyl groups is 1. The van der Waals surface area contributed by atoms with Gasteiger partial charge in [0.1, 0.15) is 0 Å². The van der Waals surface area contributed by atoms with Crippen molar-refractivity contribution in [3.63, 3.8) is 0 Å². The van der Waals surface area contributed by atoms with Crippen LogP contribution in [-0.4, -0.2) is 11.2 Å². The fourth-order valence-electron chi connectivity index (χ4n) is 3.20. The Hall–Kier alpha value is -0.0400. The molecular formula is C13H26O. The molecule has 0 aliphatic heterocycles. The van der Waals surface area contributed by atoms with E-state index in [4.69, 9.17) is 0 Å². The Morgan fingerprint density at radius 1 is 1.07 bits per heavy atom. The van der Waals surface area contributed by atoms with Gasteiger partial charge in [0.05, 0.1) is 6.10 Å².